The van der Waals surface area contributed by atoms with E-state index in [0.29, 0.717) is 16.9 Å². The van der Waals surface area contributed by atoms with E-state index in [1.807, 2.05) is 47.8 Å². The van der Waals surface area contributed by atoms with Crippen LogP contribution in [0.25, 0.3) is 22.2 Å². The van der Waals surface area contributed by atoms with Gasteiger partial charge in [-0.05, 0) is 29.5 Å². The number of nitrogens with zero attached hydrogens (tertiary/aromatic N) is 6. The van der Waals surface area contributed by atoms with Crippen molar-refractivity contribution in [1.29, 1.82) is 0 Å². The molecule has 138 valence electrons. The number of hydrogen-bond donors (Lipinski definition) is 0. The lowest BCUT2D eigenvalue weighted by molar-refractivity contribution is 0.465. The molecule has 4 rings (SSSR count). The average Bonchev–Trinajstić information content (AvgIpc) is 3.47. The Labute approximate surface area is 164 Å². The summed E-state index contributed by atoms with van der Waals surface area (Å²) >= 11 is 3.20. The zero-order chi connectivity index (χ0) is 18.3. The third-order valence-corrected chi connectivity index (χ3v) is 5.61. The first-order valence-corrected chi connectivity index (χ1v) is 10.6. The summed E-state index contributed by atoms with van der Waals surface area (Å²) < 4.78 is 5.67. The van der Waals surface area contributed by atoms with Gasteiger partial charge in [-0.3, -0.25) is 0 Å². The summed E-state index contributed by atoms with van der Waals surface area (Å²) in [6.45, 7) is 0.771. The number of hydrogen-bond acceptors (Lipinski definition) is 8. The molecule has 3 heterocycles. The van der Waals surface area contributed by atoms with E-state index in [2.05, 4.69) is 25.6 Å². The van der Waals surface area contributed by atoms with Crippen LogP contribution in [-0.2, 0) is 6.54 Å². The van der Waals surface area contributed by atoms with Crippen molar-refractivity contribution in [2.24, 2.45) is 0 Å². The summed E-state index contributed by atoms with van der Waals surface area (Å²) in [6, 6.07) is 13.8. The topological polar surface area (TPSA) is 82.5 Å². The maximum Gasteiger partial charge on any atom is 0.276 e. The molecule has 0 saturated heterocycles. The predicted molar refractivity (Wildman–Crippen MR) is 105 cm³/mol. The van der Waals surface area contributed by atoms with Gasteiger partial charge in [0.25, 0.3) is 11.1 Å². The van der Waals surface area contributed by atoms with Crippen LogP contribution < -0.4 is 0 Å². The Kier molecular flexibility index (Phi) is 5.90. The summed E-state index contributed by atoms with van der Waals surface area (Å²) in [7, 11) is 0. The van der Waals surface area contributed by atoms with E-state index >= 15 is 0 Å². The van der Waals surface area contributed by atoms with E-state index in [4.69, 9.17) is 4.42 Å². The van der Waals surface area contributed by atoms with Gasteiger partial charge >= 0.3 is 0 Å². The van der Waals surface area contributed by atoms with Gasteiger partial charge in [-0.2, -0.15) is 4.80 Å². The molecule has 4 aromatic rings. The largest absolute Gasteiger partial charge is 0.410 e. The zero-order valence-electron chi connectivity index (χ0n) is 14.6. The van der Waals surface area contributed by atoms with Gasteiger partial charge in [0.1, 0.15) is 0 Å². The van der Waals surface area contributed by atoms with Crippen LogP contribution in [0.4, 0.5) is 0 Å². The van der Waals surface area contributed by atoms with Crippen molar-refractivity contribution in [1.82, 2.24) is 30.4 Å². The van der Waals surface area contributed by atoms with Crippen molar-refractivity contribution < 1.29 is 4.42 Å². The minimum absolute atomic E-state index is 0.596. The molecule has 0 radical (unpaired) electrons. The molecule has 0 spiro atoms. The highest BCUT2D eigenvalue weighted by Crippen LogP contribution is 2.26. The zero-order valence-corrected chi connectivity index (χ0v) is 16.2. The fraction of sp³-hybridized carbons (Fsp3) is 0.278. The maximum atomic E-state index is 5.67. The number of unbranched alkanes of at least 4 members (excludes halogenated alkanes) is 2. The van der Waals surface area contributed by atoms with Crippen LogP contribution in [0.3, 0.4) is 0 Å². The molecular formula is C18H18N6OS2. The molecule has 1 aromatic carbocycles. The molecule has 9 heteroatoms. The lowest BCUT2D eigenvalue weighted by atomic mass is 10.2. The van der Waals surface area contributed by atoms with Crippen molar-refractivity contribution >= 4 is 23.1 Å². The van der Waals surface area contributed by atoms with Crippen LogP contribution >= 0.6 is 23.1 Å². The second-order valence-corrected chi connectivity index (χ2v) is 7.83. The smallest absolute Gasteiger partial charge is 0.276 e. The number of benzene rings is 1. The molecule has 0 aliphatic heterocycles. The normalized spacial score (nSPS) is 11.1. The predicted octanol–water partition coefficient (Wildman–Crippen LogP) is 4.41. The monoisotopic (exact) mass is 398 g/mol. The Morgan fingerprint density at radius 1 is 0.963 bits per heavy atom. The van der Waals surface area contributed by atoms with Gasteiger partial charge in [0.05, 0.1) is 11.4 Å². The molecule has 0 atom stereocenters. The molecule has 0 aliphatic carbocycles. The molecule has 7 nitrogen and oxygen atoms in total. The lowest BCUT2D eigenvalue weighted by Crippen LogP contribution is -2.02. The average molecular weight is 399 g/mol. The van der Waals surface area contributed by atoms with Crippen molar-refractivity contribution in [3.8, 4) is 22.2 Å². The fourth-order valence-electron chi connectivity index (χ4n) is 2.50. The second-order valence-electron chi connectivity index (χ2n) is 5.83. The minimum Gasteiger partial charge on any atom is -0.410 e. The van der Waals surface area contributed by atoms with Gasteiger partial charge in [-0.1, -0.05) is 54.6 Å². The standard InChI is InChI=1S/C18H18N6OS2/c1-3-8-14(9-4-1)16-19-23-24(22-16)11-5-2-6-12-27-18-21-20-17(25-18)15-10-7-13-26-15/h1,3-4,7-10,13H,2,5-6,11-12H2. The van der Waals surface area contributed by atoms with E-state index in [1.165, 1.54) is 0 Å². The van der Waals surface area contributed by atoms with E-state index in [0.717, 1.165) is 42.0 Å². The molecule has 0 amide bonds. The molecule has 0 fully saturated rings. The Bertz CT molecular complexity index is 951. The second kappa shape index (κ2) is 8.92. The Hall–Kier alpha value is -2.52. The summed E-state index contributed by atoms with van der Waals surface area (Å²) in [6.07, 6.45) is 3.16. The van der Waals surface area contributed by atoms with Gasteiger partial charge in [0, 0.05) is 11.3 Å². The molecule has 3 aromatic heterocycles. The van der Waals surface area contributed by atoms with Crippen LogP contribution in [0.5, 0.6) is 0 Å². The number of thioether (sulfide) groups is 1. The Morgan fingerprint density at radius 2 is 1.89 bits per heavy atom. The first kappa shape index (κ1) is 17.9. The lowest BCUT2D eigenvalue weighted by Gasteiger charge is -1.99. The molecule has 0 N–H and O–H groups in total. The summed E-state index contributed by atoms with van der Waals surface area (Å²) in [5.41, 5.74) is 0.988. The van der Waals surface area contributed by atoms with E-state index in [9.17, 15) is 0 Å². The van der Waals surface area contributed by atoms with Gasteiger partial charge < -0.3 is 4.42 Å². The van der Waals surface area contributed by atoms with Crippen LogP contribution in [0.1, 0.15) is 19.3 Å². The van der Waals surface area contributed by atoms with Crippen LogP contribution in [0.2, 0.25) is 0 Å². The molecule has 0 saturated carbocycles. The first-order chi connectivity index (χ1) is 13.4. The summed E-state index contributed by atoms with van der Waals surface area (Å²) in [4.78, 5) is 2.67. The number of aryl methyl sites for hydroxylation is 1. The molecule has 0 bridgehead atoms. The molecule has 0 aliphatic rings. The highest BCUT2D eigenvalue weighted by Gasteiger charge is 2.09. The fourth-order valence-corrected chi connectivity index (χ4v) is 3.90. The van der Waals surface area contributed by atoms with Crippen molar-refractivity contribution in [3.05, 3.63) is 47.8 Å². The van der Waals surface area contributed by atoms with Gasteiger partial charge in [-0.15, -0.1) is 31.7 Å². The Balaban J connectivity index is 1.16. The highest BCUT2D eigenvalue weighted by atomic mass is 32.2. The number of rotatable bonds is 9. The minimum atomic E-state index is 0.596. The van der Waals surface area contributed by atoms with E-state index < -0.39 is 0 Å². The van der Waals surface area contributed by atoms with Crippen molar-refractivity contribution in [2.75, 3.05) is 5.75 Å². The SMILES string of the molecule is c1ccc(-c2nnn(CCCCCSc3nnc(-c4cccs4)o3)n2)cc1. The van der Waals surface area contributed by atoms with Crippen LogP contribution in [0, 0.1) is 0 Å². The quantitative estimate of drug-likeness (QED) is 0.305. The summed E-state index contributed by atoms with van der Waals surface area (Å²) in [5.74, 6) is 2.22. The maximum absolute atomic E-state index is 5.67. The molecular weight excluding hydrogens is 380 g/mol. The van der Waals surface area contributed by atoms with Crippen LogP contribution in [-0.4, -0.2) is 36.2 Å². The molecule has 0 unspecified atom stereocenters. The van der Waals surface area contributed by atoms with Crippen molar-refractivity contribution in [2.45, 2.75) is 31.0 Å². The third kappa shape index (κ3) is 4.81. The highest BCUT2D eigenvalue weighted by molar-refractivity contribution is 7.99. The van der Waals surface area contributed by atoms with E-state index in [-0.39, 0.29) is 0 Å². The number of aromatic nitrogens is 6. The van der Waals surface area contributed by atoms with Crippen LogP contribution in [0.15, 0.2) is 57.5 Å². The van der Waals surface area contributed by atoms with Gasteiger partial charge in [0.15, 0.2) is 0 Å². The third-order valence-electron chi connectivity index (χ3n) is 3.85. The Morgan fingerprint density at radius 3 is 2.74 bits per heavy atom. The summed E-state index contributed by atoms with van der Waals surface area (Å²) in [5, 5.41) is 23.5. The van der Waals surface area contributed by atoms with Gasteiger partial charge in [0.2, 0.25) is 5.82 Å². The molecule has 27 heavy (non-hydrogen) atoms. The number of thiophene rings is 1. The van der Waals surface area contributed by atoms with E-state index in [1.54, 1.807) is 27.9 Å². The van der Waals surface area contributed by atoms with Crippen molar-refractivity contribution in [3.63, 3.8) is 0 Å². The van der Waals surface area contributed by atoms with Gasteiger partial charge in [-0.25, -0.2) is 0 Å². The number of tetrazole rings is 1. The first-order valence-electron chi connectivity index (χ1n) is 8.72.